The summed E-state index contributed by atoms with van der Waals surface area (Å²) < 4.78 is 8.69. The minimum Gasteiger partial charge on any atom is -0.484 e. The summed E-state index contributed by atoms with van der Waals surface area (Å²) in [6.07, 6.45) is 15.6. The van der Waals surface area contributed by atoms with Gasteiger partial charge in [0.2, 0.25) is 0 Å². The molecule has 1 unspecified atom stereocenters. The third kappa shape index (κ3) is 8.21. The summed E-state index contributed by atoms with van der Waals surface area (Å²) >= 11 is 8.17. The summed E-state index contributed by atoms with van der Waals surface area (Å²) in [5.74, 6) is -0.0593. The average Bonchev–Trinajstić information content (AvgIpc) is 4.08. The van der Waals surface area contributed by atoms with Gasteiger partial charge in [-0.2, -0.15) is 0 Å². The van der Waals surface area contributed by atoms with Crippen molar-refractivity contribution in [3.63, 3.8) is 0 Å². The third-order valence-corrected chi connectivity index (χ3v) is 17.4. The molecule has 5 nitrogen and oxygen atoms in total. The van der Waals surface area contributed by atoms with Crippen molar-refractivity contribution in [2.45, 2.75) is 125 Å². The number of fused-ring (bicyclic) bond motifs is 7. The molecular weight excluding hydrogens is 827 g/mol. The van der Waals surface area contributed by atoms with Crippen LogP contribution in [0.4, 0.5) is 0 Å². The Balaban J connectivity index is 1.17. The molecule has 59 heavy (non-hydrogen) atoms. The molecule has 310 valence electrons. The Morgan fingerprint density at radius 2 is 1.20 bits per heavy atom. The molecule has 10 heteroatoms. The lowest BCUT2D eigenvalue weighted by Gasteiger charge is -2.19. The van der Waals surface area contributed by atoms with Crippen LogP contribution in [0.5, 0.6) is 5.06 Å². The lowest BCUT2D eigenvalue weighted by molar-refractivity contribution is -0.108. The molecule has 2 amide bonds. The van der Waals surface area contributed by atoms with E-state index in [1.165, 1.54) is 95.6 Å². The molecule has 0 radical (unpaired) electrons. The maximum atomic E-state index is 15.1. The average molecular weight is 882 g/mol. The molecule has 6 heterocycles. The van der Waals surface area contributed by atoms with Gasteiger partial charge in [0, 0.05) is 83.6 Å². The van der Waals surface area contributed by atoms with Gasteiger partial charge in [-0.05, 0) is 69.9 Å². The van der Waals surface area contributed by atoms with Crippen molar-refractivity contribution >= 4 is 106 Å². The molecule has 1 aliphatic heterocycles. The Bertz CT molecular complexity index is 2680. The highest BCUT2D eigenvalue weighted by molar-refractivity contribution is 7.24. The standard InChI is InChI=1S/C49H55NO4S5/c1-7-9-11-13-15-17-19-28(3)27-50-48(52)38-31(6)57-47(43(38)49(50)53)36-23-22-35(58-36)40-42-41(39(44(40)51)34-21-20-29(4)55-34)45-32(25-30(5)56-45)33-26-37(59-46(33)42)54-24-18-16-14-12-10-8-2/h20-23,25-26,28H,7-19,24,27H2,1-6H3. The molecule has 5 aromatic heterocycles. The van der Waals surface area contributed by atoms with E-state index in [1.54, 1.807) is 45.3 Å². The normalized spacial score (nSPS) is 14.5. The van der Waals surface area contributed by atoms with Crippen LogP contribution in [-0.2, 0) is 4.79 Å². The van der Waals surface area contributed by atoms with Crippen LogP contribution in [0, 0.1) is 26.7 Å². The highest BCUT2D eigenvalue weighted by Crippen LogP contribution is 2.46. The first-order valence-electron chi connectivity index (χ1n) is 21.7. The van der Waals surface area contributed by atoms with E-state index in [1.807, 2.05) is 6.92 Å². The first-order chi connectivity index (χ1) is 28.6. The largest absolute Gasteiger partial charge is 0.484 e. The van der Waals surface area contributed by atoms with Crippen LogP contribution in [0.1, 0.15) is 149 Å². The minimum atomic E-state index is -0.183. The van der Waals surface area contributed by atoms with E-state index in [2.05, 4.69) is 71.0 Å². The third-order valence-electron chi connectivity index (χ3n) is 11.9. The van der Waals surface area contributed by atoms with Crippen LogP contribution < -0.4 is 15.2 Å². The number of benzene rings is 1. The van der Waals surface area contributed by atoms with Crippen molar-refractivity contribution < 1.29 is 19.1 Å². The number of imide groups is 1. The monoisotopic (exact) mass is 881 g/mol. The van der Waals surface area contributed by atoms with Gasteiger partial charge in [0.25, 0.3) is 11.8 Å². The Morgan fingerprint density at radius 1 is 0.610 bits per heavy atom. The summed E-state index contributed by atoms with van der Waals surface area (Å²) in [4.78, 5) is 51.5. The van der Waals surface area contributed by atoms with Crippen LogP contribution in [0.25, 0.3) is 41.1 Å². The molecule has 0 bridgehead atoms. The number of Topliss-reactive ketones (excluding diaryl/α,β-unsaturated/α-hetero) is 1. The van der Waals surface area contributed by atoms with E-state index in [0.717, 1.165) is 85.1 Å². The number of hydrogen-bond acceptors (Lipinski definition) is 9. The summed E-state index contributed by atoms with van der Waals surface area (Å²) in [5.41, 5.74) is 2.58. The lowest BCUT2D eigenvalue weighted by atomic mass is 10.0. The maximum Gasteiger partial charge on any atom is 0.263 e. The first kappa shape index (κ1) is 42.3. The highest BCUT2D eigenvalue weighted by Gasteiger charge is 2.42. The zero-order valence-corrected chi connectivity index (χ0v) is 39.4. The van der Waals surface area contributed by atoms with Crippen LogP contribution in [-0.4, -0.2) is 35.6 Å². The van der Waals surface area contributed by atoms with E-state index in [0.29, 0.717) is 24.3 Å². The SMILES string of the molecule is CCCCCCCCOc1cc2c(s1)c1c(c3sc(C)cc32)=C(c2ccc(C)s2)C(=O)C=1c1ccc(-c2sc(C)c3c2C(=O)N(CC(C)CCCCCCCC)C3=O)s1. The van der Waals surface area contributed by atoms with Crippen molar-refractivity contribution in [3.05, 3.63) is 82.3 Å². The fraction of sp³-hybridized carbons (Fsp3) is 0.449. The van der Waals surface area contributed by atoms with Gasteiger partial charge in [0.05, 0.1) is 22.6 Å². The quantitative estimate of drug-likeness (QED) is 0.0566. The van der Waals surface area contributed by atoms with Crippen molar-refractivity contribution in [1.82, 2.24) is 4.90 Å². The molecule has 0 N–H and O–H groups in total. The minimum absolute atomic E-state index is 0.0439. The summed E-state index contributed by atoms with van der Waals surface area (Å²) in [5, 5.41) is 5.24. The van der Waals surface area contributed by atoms with Crippen molar-refractivity contribution in [2.24, 2.45) is 5.92 Å². The van der Waals surface area contributed by atoms with E-state index in [9.17, 15) is 9.59 Å². The molecule has 0 saturated carbocycles. The van der Waals surface area contributed by atoms with E-state index in [-0.39, 0.29) is 23.5 Å². The van der Waals surface area contributed by atoms with Crippen molar-refractivity contribution in [2.75, 3.05) is 13.2 Å². The van der Waals surface area contributed by atoms with Crippen molar-refractivity contribution in [1.29, 1.82) is 0 Å². The van der Waals surface area contributed by atoms with Crippen LogP contribution in [0.15, 0.2) is 36.4 Å². The summed E-state index contributed by atoms with van der Waals surface area (Å²) in [7, 11) is 0. The lowest BCUT2D eigenvalue weighted by Crippen LogP contribution is -2.34. The second-order valence-corrected chi connectivity index (χ2v) is 22.4. The Labute approximate surface area is 368 Å². The van der Waals surface area contributed by atoms with Gasteiger partial charge >= 0.3 is 0 Å². The zero-order valence-electron chi connectivity index (χ0n) is 35.3. The number of ether oxygens (including phenoxy) is 1. The molecule has 1 aromatic carbocycles. The van der Waals surface area contributed by atoms with E-state index < -0.39 is 0 Å². The van der Waals surface area contributed by atoms with E-state index >= 15 is 4.79 Å². The molecule has 8 rings (SSSR count). The molecule has 0 saturated heterocycles. The molecule has 1 aliphatic carbocycles. The second kappa shape index (κ2) is 18.3. The fourth-order valence-electron chi connectivity index (χ4n) is 8.85. The summed E-state index contributed by atoms with van der Waals surface area (Å²) in [6, 6.07) is 12.8. The first-order valence-corrected chi connectivity index (χ1v) is 25.8. The van der Waals surface area contributed by atoms with Crippen molar-refractivity contribution in [3.8, 4) is 14.8 Å². The Morgan fingerprint density at radius 3 is 1.90 bits per heavy atom. The number of aryl methyl sites for hydroxylation is 3. The molecule has 0 spiro atoms. The molecule has 6 aromatic rings. The van der Waals surface area contributed by atoms with Gasteiger partial charge in [-0.25, -0.2) is 0 Å². The topological polar surface area (TPSA) is 63.7 Å². The highest BCUT2D eigenvalue weighted by atomic mass is 32.1. The van der Waals surface area contributed by atoms with Gasteiger partial charge < -0.3 is 4.74 Å². The Kier molecular flexibility index (Phi) is 13.1. The smallest absolute Gasteiger partial charge is 0.263 e. The fourth-order valence-corrected chi connectivity index (χ4v) is 14.3. The van der Waals surface area contributed by atoms with Crippen LogP contribution in [0.3, 0.4) is 0 Å². The Hall–Kier alpha value is -3.41. The number of hydrogen-bond donors (Lipinski definition) is 0. The number of nitrogens with zero attached hydrogens (tertiary/aromatic N) is 1. The van der Waals surface area contributed by atoms with Crippen LogP contribution in [0.2, 0.25) is 0 Å². The molecule has 1 atom stereocenters. The predicted octanol–water partition coefficient (Wildman–Crippen LogP) is 13.6. The van der Waals surface area contributed by atoms with Gasteiger partial charge in [-0.1, -0.05) is 103 Å². The molecule has 2 aliphatic rings. The zero-order chi connectivity index (χ0) is 41.4. The van der Waals surface area contributed by atoms with Gasteiger partial charge in [0.1, 0.15) is 0 Å². The number of rotatable bonds is 20. The maximum absolute atomic E-state index is 15.1. The summed E-state index contributed by atoms with van der Waals surface area (Å²) in [6.45, 7) is 14.0. The predicted molar refractivity (Wildman–Crippen MR) is 254 cm³/mol. The van der Waals surface area contributed by atoms with Gasteiger partial charge in [0.15, 0.2) is 10.8 Å². The number of thiophene rings is 5. The van der Waals surface area contributed by atoms with Gasteiger partial charge in [-0.3, -0.25) is 19.3 Å². The number of carbonyl (C=O) groups is 3. The van der Waals surface area contributed by atoms with E-state index in [4.69, 9.17) is 4.74 Å². The number of carbonyl (C=O) groups excluding carboxylic acids is 3. The molecular formula is C49H55NO4S5. The number of ketones is 1. The number of unbranched alkanes of at least 4 members (excludes halogenated alkanes) is 10. The number of amides is 2. The second-order valence-electron chi connectivity index (χ2n) is 16.5. The van der Waals surface area contributed by atoms with Crippen LogP contribution >= 0.6 is 56.7 Å². The van der Waals surface area contributed by atoms with Gasteiger partial charge in [-0.15, -0.1) is 45.3 Å². The molecule has 0 fully saturated rings.